The fraction of sp³-hybridized carbons (Fsp3) is 0.346. The monoisotopic (exact) mass is 468 g/mol. The van der Waals surface area contributed by atoms with Crippen LogP contribution in [0.15, 0.2) is 42.7 Å². The van der Waals surface area contributed by atoms with E-state index >= 15 is 0 Å². The van der Waals surface area contributed by atoms with Gasteiger partial charge in [0.1, 0.15) is 11.4 Å². The topological polar surface area (TPSA) is 128 Å². The van der Waals surface area contributed by atoms with E-state index in [1.165, 1.54) is 17.3 Å². The Bertz CT molecular complexity index is 1290. The van der Waals surface area contributed by atoms with Gasteiger partial charge in [-0.1, -0.05) is 6.07 Å². The minimum Gasteiger partial charge on any atom is -0.352 e. The minimum atomic E-state index is -0.528. The molecule has 1 aliphatic carbocycles. The largest absolute Gasteiger partial charge is 0.352 e. The standard InChI is InChI=1S/C26H28N8O/c1-2-29-24(35)21-15-31-25(33-19-5-4-17-6-10-28-14-18(17)12-19)34-23(21)32-20-7-11-30-22(13-20)26(16-27)8-3-9-26/h4-5,7,11-13,15,28H,2-3,6,8-10,14H2,1H3,(H,29,35)(H2,30,31,32,33,34). The second-order valence-corrected chi connectivity index (χ2v) is 8.95. The van der Waals surface area contributed by atoms with Gasteiger partial charge in [0.25, 0.3) is 5.91 Å². The highest BCUT2D eigenvalue weighted by atomic mass is 16.1. The number of rotatable bonds is 7. The predicted octanol–water partition coefficient (Wildman–Crippen LogP) is 3.70. The Morgan fingerprint density at radius 1 is 1.14 bits per heavy atom. The molecule has 2 aliphatic rings. The molecular formula is C26H28N8O. The lowest BCUT2D eigenvalue weighted by Crippen LogP contribution is -2.33. The Morgan fingerprint density at radius 2 is 2.00 bits per heavy atom. The number of anilines is 4. The summed E-state index contributed by atoms with van der Waals surface area (Å²) in [6.07, 6.45) is 6.86. The number of hydrogen-bond acceptors (Lipinski definition) is 8. The third-order valence-electron chi connectivity index (χ3n) is 6.65. The zero-order valence-corrected chi connectivity index (χ0v) is 19.7. The lowest BCUT2D eigenvalue weighted by atomic mass is 9.67. The molecule has 0 bridgehead atoms. The predicted molar refractivity (Wildman–Crippen MR) is 134 cm³/mol. The summed E-state index contributed by atoms with van der Waals surface area (Å²) < 4.78 is 0. The van der Waals surface area contributed by atoms with Crippen molar-refractivity contribution < 1.29 is 4.79 Å². The molecule has 0 atom stereocenters. The minimum absolute atomic E-state index is 0.261. The highest BCUT2D eigenvalue weighted by Crippen LogP contribution is 2.42. The van der Waals surface area contributed by atoms with Crippen LogP contribution in [0.3, 0.4) is 0 Å². The number of benzene rings is 1. The third kappa shape index (κ3) is 4.66. The molecule has 178 valence electrons. The van der Waals surface area contributed by atoms with Crippen LogP contribution in [0.2, 0.25) is 0 Å². The van der Waals surface area contributed by atoms with E-state index in [0.717, 1.165) is 50.2 Å². The molecule has 0 saturated heterocycles. The van der Waals surface area contributed by atoms with E-state index in [1.54, 1.807) is 12.3 Å². The van der Waals surface area contributed by atoms with Crippen molar-refractivity contribution in [1.29, 1.82) is 5.26 Å². The summed E-state index contributed by atoms with van der Waals surface area (Å²) in [5, 5.41) is 22.4. The van der Waals surface area contributed by atoms with Crippen molar-refractivity contribution in [3.63, 3.8) is 0 Å². The number of carbonyl (C=O) groups is 1. The van der Waals surface area contributed by atoms with Gasteiger partial charge in [-0.05, 0) is 74.5 Å². The molecule has 1 aromatic carbocycles. The van der Waals surface area contributed by atoms with Crippen LogP contribution >= 0.6 is 0 Å². The van der Waals surface area contributed by atoms with Gasteiger partial charge in [0, 0.05) is 36.9 Å². The SMILES string of the molecule is CCNC(=O)c1cnc(Nc2ccc3c(c2)CNCC3)nc1Nc1ccnc(C2(C#N)CCC2)c1. The number of hydrogen-bond donors (Lipinski definition) is 4. The molecule has 1 fully saturated rings. The van der Waals surface area contributed by atoms with E-state index < -0.39 is 5.41 Å². The number of fused-ring (bicyclic) bond motifs is 1. The first kappa shape index (κ1) is 22.7. The Morgan fingerprint density at radius 3 is 2.77 bits per heavy atom. The fourth-order valence-electron chi connectivity index (χ4n) is 4.51. The first-order chi connectivity index (χ1) is 17.1. The van der Waals surface area contributed by atoms with Crippen molar-refractivity contribution >= 4 is 29.0 Å². The number of amides is 1. The molecule has 0 radical (unpaired) electrons. The lowest BCUT2D eigenvalue weighted by molar-refractivity contribution is 0.0956. The number of nitriles is 1. The van der Waals surface area contributed by atoms with E-state index in [1.807, 2.05) is 19.1 Å². The van der Waals surface area contributed by atoms with Gasteiger partial charge in [0.2, 0.25) is 5.95 Å². The molecule has 9 nitrogen and oxygen atoms in total. The summed E-state index contributed by atoms with van der Waals surface area (Å²) in [5.74, 6) is 0.499. The van der Waals surface area contributed by atoms with Crippen LogP contribution in [-0.2, 0) is 18.4 Å². The molecule has 3 aromatic rings. The summed E-state index contributed by atoms with van der Waals surface area (Å²) in [4.78, 5) is 26.2. The van der Waals surface area contributed by atoms with Crippen LogP contribution in [0, 0.1) is 11.3 Å². The molecule has 3 heterocycles. The first-order valence-electron chi connectivity index (χ1n) is 12.0. The summed E-state index contributed by atoms with van der Waals surface area (Å²) >= 11 is 0. The van der Waals surface area contributed by atoms with Gasteiger partial charge in [0.15, 0.2) is 0 Å². The Balaban J connectivity index is 1.44. The Hall–Kier alpha value is -4.03. The van der Waals surface area contributed by atoms with Crippen molar-refractivity contribution in [3.8, 4) is 6.07 Å². The average molecular weight is 469 g/mol. The van der Waals surface area contributed by atoms with Gasteiger partial charge in [-0.15, -0.1) is 0 Å². The van der Waals surface area contributed by atoms with E-state index in [9.17, 15) is 10.1 Å². The lowest BCUT2D eigenvalue weighted by Gasteiger charge is -2.34. The van der Waals surface area contributed by atoms with Gasteiger partial charge < -0.3 is 21.3 Å². The molecule has 0 unspecified atom stereocenters. The van der Waals surface area contributed by atoms with Gasteiger partial charge in [-0.3, -0.25) is 9.78 Å². The number of carbonyl (C=O) groups excluding carboxylic acids is 1. The maximum absolute atomic E-state index is 12.7. The molecule has 2 aromatic heterocycles. The third-order valence-corrected chi connectivity index (χ3v) is 6.65. The van der Waals surface area contributed by atoms with E-state index in [4.69, 9.17) is 0 Å². The molecule has 1 aliphatic heterocycles. The molecule has 9 heteroatoms. The number of nitrogens with one attached hydrogen (secondary N) is 4. The van der Waals surface area contributed by atoms with E-state index in [2.05, 4.69) is 54.4 Å². The van der Waals surface area contributed by atoms with Crippen LogP contribution in [0.1, 0.15) is 53.4 Å². The second kappa shape index (κ2) is 9.68. The van der Waals surface area contributed by atoms with Crippen molar-refractivity contribution in [3.05, 3.63) is 65.1 Å². The zero-order valence-electron chi connectivity index (χ0n) is 19.7. The molecular weight excluding hydrogens is 440 g/mol. The highest BCUT2D eigenvalue weighted by molar-refractivity contribution is 5.99. The van der Waals surface area contributed by atoms with E-state index in [0.29, 0.717) is 29.6 Å². The summed E-state index contributed by atoms with van der Waals surface area (Å²) in [6.45, 7) is 4.18. The van der Waals surface area contributed by atoms with Crippen LogP contribution in [-0.4, -0.2) is 33.9 Å². The molecule has 0 spiro atoms. The van der Waals surface area contributed by atoms with Crippen LogP contribution < -0.4 is 21.3 Å². The van der Waals surface area contributed by atoms with Crippen LogP contribution in [0.4, 0.5) is 23.1 Å². The van der Waals surface area contributed by atoms with Crippen LogP contribution in [0.5, 0.6) is 0 Å². The number of pyridine rings is 1. The molecule has 5 rings (SSSR count). The van der Waals surface area contributed by atoms with Crippen molar-refractivity contribution in [2.75, 3.05) is 23.7 Å². The highest BCUT2D eigenvalue weighted by Gasteiger charge is 2.40. The molecule has 35 heavy (non-hydrogen) atoms. The van der Waals surface area contributed by atoms with Gasteiger partial charge >= 0.3 is 0 Å². The maximum atomic E-state index is 12.7. The number of aromatic nitrogens is 3. The van der Waals surface area contributed by atoms with Crippen molar-refractivity contribution in [2.24, 2.45) is 0 Å². The zero-order chi connectivity index (χ0) is 24.3. The normalized spacial score (nSPS) is 15.8. The first-order valence-corrected chi connectivity index (χ1v) is 12.0. The smallest absolute Gasteiger partial charge is 0.256 e. The van der Waals surface area contributed by atoms with Gasteiger partial charge in [-0.25, -0.2) is 4.98 Å². The Kier molecular flexibility index (Phi) is 6.29. The average Bonchev–Trinajstić information content (AvgIpc) is 2.84. The summed E-state index contributed by atoms with van der Waals surface area (Å²) in [7, 11) is 0. The van der Waals surface area contributed by atoms with E-state index in [-0.39, 0.29) is 5.91 Å². The quantitative estimate of drug-likeness (QED) is 0.413. The summed E-state index contributed by atoms with van der Waals surface area (Å²) in [5.41, 5.74) is 4.75. The maximum Gasteiger partial charge on any atom is 0.256 e. The molecule has 4 N–H and O–H groups in total. The Labute approximate surface area is 204 Å². The van der Waals surface area contributed by atoms with Crippen molar-refractivity contribution in [2.45, 2.75) is 44.6 Å². The van der Waals surface area contributed by atoms with Gasteiger partial charge in [-0.2, -0.15) is 10.2 Å². The fourth-order valence-corrected chi connectivity index (χ4v) is 4.51. The molecule has 1 amide bonds. The van der Waals surface area contributed by atoms with Crippen LogP contribution in [0.25, 0.3) is 0 Å². The number of nitrogens with zero attached hydrogens (tertiary/aromatic N) is 4. The van der Waals surface area contributed by atoms with Crippen molar-refractivity contribution in [1.82, 2.24) is 25.6 Å². The second-order valence-electron chi connectivity index (χ2n) is 8.95. The summed E-state index contributed by atoms with van der Waals surface area (Å²) in [6, 6.07) is 12.4. The van der Waals surface area contributed by atoms with Gasteiger partial charge in [0.05, 0.1) is 17.2 Å². The molecule has 1 saturated carbocycles.